The summed E-state index contributed by atoms with van der Waals surface area (Å²) in [4.78, 5) is 0. The van der Waals surface area contributed by atoms with Gasteiger partial charge in [-0.2, -0.15) is 0 Å². The highest BCUT2D eigenvalue weighted by Gasteiger charge is 2.17. The molecule has 1 fully saturated rings. The summed E-state index contributed by atoms with van der Waals surface area (Å²) >= 11 is 0. The molecule has 0 aromatic heterocycles. The first-order valence-corrected chi connectivity index (χ1v) is 6.30. The minimum absolute atomic E-state index is 0.0912. The van der Waals surface area contributed by atoms with Gasteiger partial charge in [-0.3, -0.25) is 0 Å². The molecular weight excluding hydrogens is 212 g/mol. The zero-order valence-corrected chi connectivity index (χ0v) is 10.7. The van der Waals surface area contributed by atoms with Gasteiger partial charge in [0.1, 0.15) is 0 Å². The van der Waals surface area contributed by atoms with Crippen molar-refractivity contribution >= 4 is 0 Å². The lowest BCUT2D eigenvalue weighted by Gasteiger charge is -2.26. The molecule has 2 atom stereocenters. The second kappa shape index (κ2) is 5.63. The van der Waals surface area contributed by atoms with Crippen LogP contribution >= 0.6 is 0 Å². The van der Waals surface area contributed by atoms with Crippen LogP contribution in [-0.2, 0) is 4.74 Å². The second-order valence-corrected chi connectivity index (χ2v) is 4.91. The van der Waals surface area contributed by atoms with Gasteiger partial charge in [-0.15, -0.1) is 0 Å². The Morgan fingerprint density at radius 3 is 2.88 bits per heavy atom. The van der Waals surface area contributed by atoms with E-state index in [1.54, 1.807) is 0 Å². The molecule has 2 unspecified atom stereocenters. The highest BCUT2D eigenvalue weighted by Crippen LogP contribution is 2.19. The fourth-order valence-corrected chi connectivity index (χ4v) is 2.21. The van der Waals surface area contributed by atoms with Gasteiger partial charge in [-0.1, -0.05) is 18.2 Å². The van der Waals surface area contributed by atoms with E-state index in [9.17, 15) is 0 Å². The van der Waals surface area contributed by atoms with Crippen molar-refractivity contribution in [2.45, 2.75) is 32.4 Å². The van der Waals surface area contributed by atoms with Gasteiger partial charge in [0.2, 0.25) is 0 Å². The molecule has 1 aromatic carbocycles. The van der Waals surface area contributed by atoms with Crippen molar-refractivity contribution in [3.05, 3.63) is 34.9 Å². The molecule has 1 heterocycles. The van der Waals surface area contributed by atoms with Crippen LogP contribution in [0.2, 0.25) is 0 Å². The Balaban J connectivity index is 1.98. The highest BCUT2D eigenvalue weighted by molar-refractivity contribution is 5.31. The number of morpholine rings is 1. The Kier molecular flexibility index (Phi) is 4.15. The van der Waals surface area contributed by atoms with Gasteiger partial charge in [-0.25, -0.2) is 0 Å². The van der Waals surface area contributed by atoms with Crippen molar-refractivity contribution in [1.29, 1.82) is 0 Å². The quantitative estimate of drug-likeness (QED) is 0.836. The molecule has 0 amide bonds. The number of hydrogen-bond acceptors (Lipinski definition) is 3. The van der Waals surface area contributed by atoms with Gasteiger partial charge in [0.25, 0.3) is 0 Å². The molecule has 0 saturated carbocycles. The van der Waals surface area contributed by atoms with Crippen LogP contribution in [0.3, 0.4) is 0 Å². The molecule has 3 N–H and O–H groups in total. The SMILES string of the molecule is Cc1ccc(C(N)CC2COCCN2)cc1C. The van der Waals surface area contributed by atoms with Gasteiger partial charge in [0.15, 0.2) is 0 Å². The number of aryl methyl sites for hydroxylation is 2. The average Bonchev–Trinajstić information content (AvgIpc) is 2.34. The van der Waals surface area contributed by atoms with Gasteiger partial charge < -0.3 is 15.8 Å². The summed E-state index contributed by atoms with van der Waals surface area (Å²) in [6.07, 6.45) is 0.933. The maximum absolute atomic E-state index is 6.25. The molecule has 0 aliphatic carbocycles. The van der Waals surface area contributed by atoms with Crippen molar-refractivity contribution in [3.8, 4) is 0 Å². The van der Waals surface area contributed by atoms with Crippen LogP contribution in [0.1, 0.15) is 29.2 Å². The maximum Gasteiger partial charge on any atom is 0.0620 e. The summed E-state index contributed by atoms with van der Waals surface area (Å²) in [5.41, 5.74) is 10.1. The van der Waals surface area contributed by atoms with E-state index in [1.165, 1.54) is 16.7 Å². The smallest absolute Gasteiger partial charge is 0.0620 e. The molecule has 0 bridgehead atoms. The van der Waals surface area contributed by atoms with E-state index in [-0.39, 0.29) is 6.04 Å². The Hall–Kier alpha value is -0.900. The van der Waals surface area contributed by atoms with E-state index in [1.807, 2.05) is 0 Å². The standard InChI is InChI=1S/C14H22N2O/c1-10-3-4-12(7-11(10)2)14(15)8-13-9-17-6-5-16-13/h3-4,7,13-14,16H,5-6,8-9,15H2,1-2H3. The van der Waals surface area contributed by atoms with Crippen molar-refractivity contribution in [3.63, 3.8) is 0 Å². The monoisotopic (exact) mass is 234 g/mol. The second-order valence-electron chi connectivity index (χ2n) is 4.91. The Labute approximate surface area is 103 Å². The molecule has 3 heteroatoms. The van der Waals surface area contributed by atoms with Crippen LogP contribution in [-0.4, -0.2) is 25.8 Å². The number of nitrogens with one attached hydrogen (secondary N) is 1. The largest absolute Gasteiger partial charge is 0.379 e. The number of nitrogens with two attached hydrogens (primary N) is 1. The molecule has 0 radical (unpaired) electrons. The molecule has 1 aromatic rings. The highest BCUT2D eigenvalue weighted by atomic mass is 16.5. The molecule has 2 rings (SSSR count). The van der Waals surface area contributed by atoms with Crippen LogP contribution < -0.4 is 11.1 Å². The number of hydrogen-bond donors (Lipinski definition) is 2. The summed E-state index contributed by atoms with van der Waals surface area (Å²) < 4.78 is 5.44. The predicted molar refractivity (Wildman–Crippen MR) is 70.1 cm³/mol. The van der Waals surface area contributed by atoms with Crippen molar-refractivity contribution in [2.24, 2.45) is 5.73 Å². The minimum Gasteiger partial charge on any atom is -0.379 e. The number of rotatable bonds is 3. The summed E-state index contributed by atoms with van der Waals surface area (Å²) in [5, 5.41) is 3.44. The van der Waals surface area contributed by atoms with Crippen molar-refractivity contribution in [1.82, 2.24) is 5.32 Å². The molecule has 3 nitrogen and oxygen atoms in total. The molecule has 1 aliphatic heterocycles. The molecule has 17 heavy (non-hydrogen) atoms. The van der Waals surface area contributed by atoms with Crippen LogP contribution in [0.15, 0.2) is 18.2 Å². The van der Waals surface area contributed by atoms with Crippen molar-refractivity contribution < 1.29 is 4.74 Å². The summed E-state index contributed by atoms with van der Waals surface area (Å²) in [7, 11) is 0. The van der Waals surface area contributed by atoms with E-state index < -0.39 is 0 Å². The fourth-order valence-electron chi connectivity index (χ4n) is 2.21. The zero-order valence-electron chi connectivity index (χ0n) is 10.7. The topological polar surface area (TPSA) is 47.3 Å². The van der Waals surface area contributed by atoms with E-state index in [4.69, 9.17) is 10.5 Å². The Morgan fingerprint density at radius 2 is 2.24 bits per heavy atom. The van der Waals surface area contributed by atoms with Crippen LogP contribution in [0, 0.1) is 13.8 Å². The van der Waals surface area contributed by atoms with Gasteiger partial charge in [0.05, 0.1) is 13.2 Å². The molecule has 94 valence electrons. The van der Waals surface area contributed by atoms with E-state index in [2.05, 4.69) is 37.4 Å². The summed E-state index contributed by atoms with van der Waals surface area (Å²) in [5.74, 6) is 0. The normalized spacial score (nSPS) is 22.4. The first-order chi connectivity index (χ1) is 8.16. The van der Waals surface area contributed by atoms with E-state index in [0.717, 1.165) is 26.2 Å². The predicted octanol–water partition coefficient (Wildman–Crippen LogP) is 1.68. The Bertz CT molecular complexity index is 372. The Morgan fingerprint density at radius 1 is 1.41 bits per heavy atom. The van der Waals surface area contributed by atoms with Gasteiger partial charge >= 0.3 is 0 Å². The first kappa shape index (κ1) is 12.6. The van der Waals surface area contributed by atoms with Gasteiger partial charge in [-0.05, 0) is 37.0 Å². The number of benzene rings is 1. The molecule has 0 spiro atoms. The van der Waals surface area contributed by atoms with Crippen LogP contribution in [0.4, 0.5) is 0 Å². The zero-order chi connectivity index (χ0) is 12.3. The third kappa shape index (κ3) is 3.28. The molecule has 1 saturated heterocycles. The van der Waals surface area contributed by atoms with Crippen molar-refractivity contribution in [2.75, 3.05) is 19.8 Å². The minimum atomic E-state index is 0.0912. The third-order valence-corrected chi connectivity index (χ3v) is 3.50. The van der Waals surface area contributed by atoms with E-state index >= 15 is 0 Å². The van der Waals surface area contributed by atoms with Crippen LogP contribution in [0.25, 0.3) is 0 Å². The first-order valence-electron chi connectivity index (χ1n) is 6.30. The average molecular weight is 234 g/mol. The number of ether oxygens (including phenoxy) is 1. The fraction of sp³-hybridized carbons (Fsp3) is 0.571. The van der Waals surface area contributed by atoms with Gasteiger partial charge in [0, 0.05) is 18.6 Å². The summed E-state index contributed by atoms with van der Waals surface area (Å²) in [6.45, 7) is 6.78. The third-order valence-electron chi connectivity index (χ3n) is 3.50. The molecular formula is C14H22N2O. The van der Waals surface area contributed by atoms with Crippen LogP contribution in [0.5, 0.6) is 0 Å². The summed E-state index contributed by atoms with van der Waals surface area (Å²) in [6, 6.07) is 6.96. The van der Waals surface area contributed by atoms with E-state index in [0.29, 0.717) is 6.04 Å². The lowest BCUT2D eigenvalue weighted by atomic mass is 9.97. The molecule has 1 aliphatic rings. The lowest BCUT2D eigenvalue weighted by molar-refractivity contribution is 0.0720. The lowest BCUT2D eigenvalue weighted by Crippen LogP contribution is -2.42. The maximum atomic E-state index is 6.25.